The van der Waals surface area contributed by atoms with Crippen LogP contribution in [0.1, 0.15) is 0 Å². The lowest BCUT2D eigenvalue weighted by molar-refractivity contribution is 0.141. The number of rotatable bonds is 4. The Kier molecular flexibility index (Phi) is 5.12. The normalized spacial score (nSPS) is 16.8. The number of piperazine rings is 1. The van der Waals surface area contributed by atoms with Crippen molar-refractivity contribution in [2.24, 2.45) is 0 Å². The second-order valence-corrected chi connectivity index (χ2v) is 10.8. The van der Waals surface area contributed by atoms with E-state index in [-0.39, 0.29) is 12.2 Å². The summed E-state index contributed by atoms with van der Waals surface area (Å²) >= 11 is 4.51. The van der Waals surface area contributed by atoms with Crippen molar-refractivity contribution in [1.82, 2.24) is 24.2 Å². The van der Waals surface area contributed by atoms with E-state index >= 15 is 0 Å². The summed E-state index contributed by atoms with van der Waals surface area (Å²) in [6.07, 6.45) is 0. The molecule has 0 atom stereocenters. The molecule has 1 aliphatic rings. The van der Waals surface area contributed by atoms with Crippen molar-refractivity contribution >= 4 is 48.2 Å². The van der Waals surface area contributed by atoms with E-state index in [2.05, 4.69) is 26.2 Å². The van der Waals surface area contributed by atoms with Gasteiger partial charge in [0.2, 0.25) is 0 Å². The summed E-state index contributed by atoms with van der Waals surface area (Å²) in [5.41, 5.74) is 0.371. The molecule has 3 heterocycles. The highest BCUT2D eigenvalue weighted by Gasteiger charge is 2.29. The van der Waals surface area contributed by atoms with Crippen LogP contribution in [0.5, 0.6) is 0 Å². The molecule has 0 saturated carbocycles. The van der Waals surface area contributed by atoms with Crippen molar-refractivity contribution in [3.8, 4) is 0 Å². The maximum absolute atomic E-state index is 12.7. The molecule has 1 saturated heterocycles. The number of sulfonamides is 1. The number of aromatic nitrogens is 3. The maximum atomic E-state index is 12.7. The van der Waals surface area contributed by atoms with E-state index in [1.807, 2.05) is 11.0 Å². The molecule has 27 heavy (non-hydrogen) atoms. The molecule has 0 N–H and O–H groups in total. The molecule has 1 aliphatic heterocycles. The van der Waals surface area contributed by atoms with Crippen LogP contribution in [0.15, 0.2) is 49.2 Å². The highest BCUT2D eigenvalue weighted by molar-refractivity contribution is 9.11. The average molecular weight is 470 g/mol. The Morgan fingerprint density at radius 3 is 2.52 bits per heavy atom. The van der Waals surface area contributed by atoms with Crippen LogP contribution in [0.3, 0.4) is 0 Å². The third-order valence-electron chi connectivity index (χ3n) is 4.44. The highest BCUT2D eigenvalue weighted by atomic mass is 79.9. The Morgan fingerprint density at radius 2 is 1.81 bits per heavy atom. The lowest BCUT2D eigenvalue weighted by Crippen LogP contribution is -2.49. The number of hydrogen-bond acceptors (Lipinski definition) is 7. The van der Waals surface area contributed by atoms with Gasteiger partial charge in [0.15, 0.2) is 0 Å². The van der Waals surface area contributed by atoms with E-state index in [0.717, 1.165) is 3.79 Å². The van der Waals surface area contributed by atoms with E-state index < -0.39 is 10.0 Å². The van der Waals surface area contributed by atoms with Gasteiger partial charge in [0, 0.05) is 26.2 Å². The third kappa shape index (κ3) is 3.69. The molecule has 11 heteroatoms. The molecule has 0 amide bonds. The van der Waals surface area contributed by atoms with Crippen molar-refractivity contribution in [1.29, 1.82) is 0 Å². The maximum Gasteiger partial charge on any atom is 0.278 e. The fourth-order valence-electron chi connectivity index (χ4n) is 2.98. The molecule has 142 valence electrons. The first-order valence-corrected chi connectivity index (χ1v) is 11.3. The van der Waals surface area contributed by atoms with Gasteiger partial charge in [0.1, 0.15) is 9.73 Å². The van der Waals surface area contributed by atoms with E-state index in [0.29, 0.717) is 41.3 Å². The van der Waals surface area contributed by atoms with Crippen LogP contribution in [-0.2, 0) is 16.7 Å². The van der Waals surface area contributed by atoms with Gasteiger partial charge >= 0.3 is 0 Å². The minimum Gasteiger partial charge on any atom is -0.282 e. The van der Waals surface area contributed by atoms with E-state index in [9.17, 15) is 13.2 Å². The molecular weight excluding hydrogens is 454 g/mol. The zero-order valence-corrected chi connectivity index (χ0v) is 17.4. The van der Waals surface area contributed by atoms with Crippen LogP contribution >= 0.6 is 27.3 Å². The zero-order chi connectivity index (χ0) is 19.0. The molecule has 0 bridgehead atoms. The van der Waals surface area contributed by atoms with Gasteiger partial charge in [0.05, 0.1) is 15.8 Å². The Hall–Kier alpha value is -1.66. The van der Waals surface area contributed by atoms with Gasteiger partial charge in [-0.25, -0.2) is 8.42 Å². The predicted molar refractivity (Wildman–Crippen MR) is 106 cm³/mol. The molecule has 2 aromatic heterocycles. The number of halogens is 1. The monoisotopic (exact) mass is 469 g/mol. The Morgan fingerprint density at radius 1 is 1.07 bits per heavy atom. The Labute approximate surface area is 168 Å². The van der Waals surface area contributed by atoms with Crippen LogP contribution in [0.4, 0.5) is 0 Å². The molecule has 4 rings (SSSR count). The van der Waals surface area contributed by atoms with E-state index in [1.165, 1.54) is 20.3 Å². The van der Waals surface area contributed by atoms with E-state index in [4.69, 9.17) is 0 Å². The summed E-state index contributed by atoms with van der Waals surface area (Å²) in [6, 6.07) is 10.4. The first-order chi connectivity index (χ1) is 12.9. The number of fused-ring (bicyclic) bond motifs is 1. The minimum atomic E-state index is -3.48. The predicted octanol–water partition coefficient (Wildman–Crippen LogP) is 1.58. The summed E-state index contributed by atoms with van der Waals surface area (Å²) in [7, 11) is -3.48. The van der Waals surface area contributed by atoms with Crippen LogP contribution in [0, 0.1) is 0 Å². The quantitative estimate of drug-likeness (QED) is 0.576. The van der Waals surface area contributed by atoms with Gasteiger partial charge < -0.3 is 0 Å². The topological polar surface area (TPSA) is 88.4 Å². The van der Waals surface area contributed by atoms with Gasteiger partial charge in [-0.1, -0.05) is 17.3 Å². The van der Waals surface area contributed by atoms with Crippen molar-refractivity contribution in [2.45, 2.75) is 10.9 Å². The molecule has 0 unspecified atom stereocenters. The average Bonchev–Trinajstić information content (AvgIpc) is 3.12. The fraction of sp³-hybridized carbons (Fsp3) is 0.312. The summed E-state index contributed by atoms with van der Waals surface area (Å²) < 4.78 is 29.3. The number of thiophene rings is 1. The fourth-order valence-corrected chi connectivity index (χ4v) is 6.57. The first kappa shape index (κ1) is 18.7. The lowest BCUT2D eigenvalue weighted by atomic mass is 10.2. The highest BCUT2D eigenvalue weighted by Crippen LogP contribution is 2.28. The second kappa shape index (κ2) is 7.40. The van der Waals surface area contributed by atoms with Gasteiger partial charge in [-0.15, -0.1) is 16.4 Å². The lowest BCUT2D eigenvalue weighted by Gasteiger charge is -2.33. The van der Waals surface area contributed by atoms with E-state index in [1.54, 1.807) is 30.3 Å². The minimum absolute atomic E-state index is 0.195. The Bertz CT molecular complexity index is 1140. The largest absolute Gasteiger partial charge is 0.282 e. The summed E-state index contributed by atoms with van der Waals surface area (Å²) in [4.78, 5) is 14.5. The molecule has 0 aliphatic carbocycles. The van der Waals surface area contributed by atoms with Gasteiger partial charge in [-0.2, -0.15) is 8.99 Å². The molecule has 1 aromatic carbocycles. The van der Waals surface area contributed by atoms with Crippen LogP contribution < -0.4 is 5.56 Å². The molecule has 3 aromatic rings. The molecule has 0 radical (unpaired) electrons. The second-order valence-electron chi connectivity index (χ2n) is 6.13. The zero-order valence-electron chi connectivity index (χ0n) is 14.2. The summed E-state index contributed by atoms with van der Waals surface area (Å²) in [5, 5.41) is 8.60. The molecule has 0 spiro atoms. The Balaban J connectivity index is 1.46. The molecular formula is C16H16BrN5O3S2. The molecule has 8 nitrogen and oxygen atoms in total. The number of hydrogen-bond donors (Lipinski definition) is 0. The van der Waals surface area contributed by atoms with Crippen LogP contribution in [0.25, 0.3) is 10.9 Å². The standard InChI is InChI=1S/C16H16BrN5O3S2/c17-14-5-6-15(26-14)27(24,25)21-9-7-20(8-10-21)11-22-16(23)12-3-1-2-4-13(12)18-19-22/h1-6H,7-11H2. The van der Waals surface area contributed by atoms with Gasteiger partial charge in [-0.05, 0) is 40.2 Å². The number of nitrogens with zero attached hydrogens (tertiary/aromatic N) is 5. The molecule has 1 fully saturated rings. The van der Waals surface area contributed by atoms with Gasteiger partial charge in [-0.3, -0.25) is 9.69 Å². The smallest absolute Gasteiger partial charge is 0.278 e. The summed E-state index contributed by atoms with van der Waals surface area (Å²) in [5.74, 6) is 0. The van der Waals surface area contributed by atoms with Crippen molar-refractivity contribution in [3.63, 3.8) is 0 Å². The van der Waals surface area contributed by atoms with Gasteiger partial charge in [0.25, 0.3) is 15.6 Å². The third-order valence-corrected chi connectivity index (χ3v) is 8.43. The number of benzene rings is 1. The van der Waals surface area contributed by atoms with Crippen LogP contribution in [0.2, 0.25) is 0 Å². The summed E-state index contributed by atoms with van der Waals surface area (Å²) in [6.45, 7) is 2.07. The van der Waals surface area contributed by atoms with Crippen molar-refractivity contribution in [3.05, 3.63) is 50.5 Å². The SMILES string of the molecule is O=c1c2ccccc2nnn1CN1CCN(S(=O)(=O)c2ccc(Br)s2)CC1. The van der Waals surface area contributed by atoms with Crippen molar-refractivity contribution in [2.75, 3.05) is 26.2 Å². The van der Waals surface area contributed by atoms with Crippen molar-refractivity contribution < 1.29 is 8.42 Å². The first-order valence-electron chi connectivity index (χ1n) is 8.25. The van der Waals surface area contributed by atoms with Crippen LogP contribution in [-0.4, -0.2) is 58.8 Å².